The number of halogens is 1. The van der Waals surface area contributed by atoms with Gasteiger partial charge in [0.15, 0.2) is 17.5 Å². The van der Waals surface area contributed by atoms with E-state index >= 15 is 0 Å². The monoisotopic (exact) mass is 475 g/mol. The van der Waals surface area contributed by atoms with E-state index in [0.717, 1.165) is 57.2 Å². The molecule has 1 spiro atoms. The van der Waals surface area contributed by atoms with Gasteiger partial charge >= 0.3 is 0 Å². The summed E-state index contributed by atoms with van der Waals surface area (Å²) in [7, 11) is 1.57. The number of hydrogen-bond donors (Lipinski definition) is 2. The first-order valence-corrected chi connectivity index (χ1v) is 9.13. The van der Waals surface area contributed by atoms with Crippen LogP contribution in [0.2, 0.25) is 0 Å². The van der Waals surface area contributed by atoms with Gasteiger partial charge in [-0.05, 0) is 43.9 Å². The number of aliphatic imine (C=N–C) groups is 1. The predicted octanol–water partition coefficient (Wildman–Crippen LogP) is 2.64. The molecule has 2 aliphatic rings. The normalized spacial score (nSPS) is 22.5. The number of likely N-dealkylation sites (tertiary alicyclic amines) is 1. The Balaban J connectivity index is 0.00000243. The molecule has 7 heteroatoms. The number of methoxy groups -OCH3 is 1. The zero-order chi connectivity index (χ0) is 17.7. The molecule has 26 heavy (non-hydrogen) atoms. The molecule has 2 fully saturated rings. The van der Waals surface area contributed by atoms with Crippen LogP contribution in [0, 0.1) is 5.41 Å². The third kappa shape index (κ3) is 4.94. The Morgan fingerprint density at radius 1 is 1.42 bits per heavy atom. The molecule has 6 nitrogen and oxygen atoms in total. The van der Waals surface area contributed by atoms with Crippen molar-refractivity contribution in [2.24, 2.45) is 10.4 Å². The van der Waals surface area contributed by atoms with Crippen molar-refractivity contribution in [1.29, 1.82) is 0 Å². The standard InChI is InChI=1S/C19H29N3O3.HI/c1-3-20-18(22-10-7-19(13-22)8-11-25-14-19)21-9-6-15-4-5-16(23)17(12-15)24-2;/h4-5,12,23H,3,6-11,13-14H2,1-2H3,(H,20,21);1H. The van der Waals surface area contributed by atoms with Gasteiger partial charge in [-0.1, -0.05) is 6.07 Å². The summed E-state index contributed by atoms with van der Waals surface area (Å²) >= 11 is 0. The Morgan fingerprint density at radius 3 is 2.96 bits per heavy atom. The van der Waals surface area contributed by atoms with E-state index in [2.05, 4.69) is 17.1 Å². The third-order valence-electron chi connectivity index (χ3n) is 5.16. The summed E-state index contributed by atoms with van der Waals surface area (Å²) in [5.74, 6) is 1.68. The minimum atomic E-state index is 0. The average Bonchev–Trinajstić information content (AvgIpc) is 3.26. The molecule has 1 unspecified atom stereocenters. The summed E-state index contributed by atoms with van der Waals surface area (Å²) < 4.78 is 10.8. The summed E-state index contributed by atoms with van der Waals surface area (Å²) in [5, 5.41) is 13.1. The molecule has 1 aromatic carbocycles. The van der Waals surface area contributed by atoms with Gasteiger partial charge in [-0.3, -0.25) is 4.99 Å². The Bertz CT molecular complexity index is 618. The van der Waals surface area contributed by atoms with Gasteiger partial charge in [-0.15, -0.1) is 24.0 Å². The van der Waals surface area contributed by atoms with Gasteiger partial charge in [0, 0.05) is 38.2 Å². The largest absolute Gasteiger partial charge is 0.504 e. The first kappa shape index (κ1) is 21.1. The Labute approximate surface area is 173 Å². The molecule has 146 valence electrons. The molecule has 0 aliphatic carbocycles. The number of hydrogen-bond acceptors (Lipinski definition) is 4. The molecule has 2 heterocycles. The Kier molecular flexibility index (Phi) is 7.82. The van der Waals surface area contributed by atoms with Gasteiger partial charge in [-0.25, -0.2) is 0 Å². The van der Waals surface area contributed by atoms with Crippen LogP contribution < -0.4 is 10.1 Å². The van der Waals surface area contributed by atoms with E-state index in [1.807, 2.05) is 12.1 Å². The molecule has 1 atom stereocenters. The molecule has 0 aromatic heterocycles. The number of ether oxygens (including phenoxy) is 2. The number of aromatic hydroxyl groups is 1. The Hall–Kier alpha value is -1.22. The quantitative estimate of drug-likeness (QED) is 0.390. The van der Waals surface area contributed by atoms with Gasteiger partial charge < -0.3 is 24.8 Å². The van der Waals surface area contributed by atoms with E-state index in [1.54, 1.807) is 13.2 Å². The van der Waals surface area contributed by atoms with Crippen LogP contribution in [0.15, 0.2) is 23.2 Å². The fourth-order valence-electron chi connectivity index (χ4n) is 3.68. The third-order valence-corrected chi connectivity index (χ3v) is 5.16. The van der Waals surface area contributed by atoms with Crippen LogP contribution in [-0.2, 0) is 11.2 Å². The molecule has 2 saturated heterocycles. The minimum absolute atomic E-state index is 0. The van der Waals surface area contributed by atoms with E-state index in [-0.39, 0.29) is 29.7 Å². The lowest BCUT2D eigenvalue weighted by Crippen LogP contribution is -2.41. The number of nitrogens with zero attached hydrogens (tertiary/aromatic N) is 2. The number of guanidine groups is 1. The lowest BCUT2D eigenvalue weighted by molar-refractivity contribution is 0.156. The van der Waals surface area contributed by atoms with Crippen molar-refractivity contribution in [2.75, 3.05) is 46.5 Å². The van der Waals surface area contributed by atoms with Gasteiger partial charge in [-0.2, -0.15) is 0 Å². The summed E-state index contributed by atoms with van der Waals surface area (Å²) in [6.45, 7) is 7.53. The van der Waals surface area contributed by atoms with E-state index < -0.39 is 0 Å². The molecule has 0 bridgehead atoms. The summed E-state index contributed by atoms with van der Waals surface area (Å²) in [6, 6.07) is 5.47. The van der Waals surface area contributed by atoms with Gasteiger partial charge in [0.1, 0.15) is 0 Å². The predicted molar refractivity (Wildman–Crippen MR) is 114 cm³/mol. The fraction of sp³-hybridized carbons (Fsp3) is 0.632. The number of phenolic OH excluding ortho intramolecular Hbond substituents is 1. The zero-order valence-electron chi connectivity index (χ0n) is 15.7. The topological polar surface area (TPSA) is 66.3 Å². The highest BCUT2D eigenvalue weighted by Gasteiger charge is 2.42. The molecule has 0 radical (unpaired) electrons. The Morgan fingerprint density at radius 2 is 2.27 bits per heavy atom. The van der Waals surface area contributed by atoms with Crippen molar-refractivity contribution < 1.29 is 14.6 Å². The summed E-state index contributed by atoms with van der Waals surface area (Å²) in [6.07, 6.45) is 3.16. The first-order valence-electron chi connectivity index (χ1n) is 9.13. The van der Waals surface area contributed by atoms with Crippen molar-refractivity contribution in [1.82, 2.24) is 10.2 Å². The summed E-state index contributed by atoms with van der Waals surface area (Å²) in [4.78, 5) is 7.18. The van der Waals surface area contributed by atoms with Crippen LogP contribution in [0.1, 0.15) is 25.3 Å². The zero-order valence-corrected chi connectivity index (χ0v) is 18.0. The maximum atomic E-state index is 9.68. The smallest absolute Gasteiger partial charge is 0.193 e. The molecule has 3 rings (SSSR count). The van der Waals surface area contributed by atoms with Crippen LogP contribution in [0.3, 0.4) is 0 Å². The SMILES string of the molecule is CCNC(=NCCc1ccc(O)c(OC)c1)N1CCC2(CCOC2)C1.I. The van der Waals surface area contributed by atoms with Crippen molar-refractivity contribution in [2.45, 2.75) is 26.2 Å². The van der Waals surface area contributed by atoms with Gasteiger partial charge in [0.2, 0.25) is 0 Å². The number of phenols is 1. The van der Waals surface area contributed by atoms with Crippen LogP contribution in [0.4, 0.5) is 0 Å². The molecule has 0 amide bonds. The fourth-order valence-corrected chi connectivity index (χ4v) is 3.68. The average molecular weight is 475 g/mol. The van der Waals surface area contributed by atoms with Gasteiger partial charge in [0.25, 0.3) is 0 Å². The highest BCUT2D eigenvalue weighted by molar-refractivity contribution is 14.0. The van der Waals surface area contributed by atoms with Crippen molar-refractivity contribution >= 4 is 29.9 Å². The highest BCUT2D eigenvalue weighted by atomic mass is 127. The van der Waals surface area contributed by atoms with Gasteiger partial charge in [0.05, 0.1) is 13.7 Å². The first-order chi connectivity index (χ1) is 12.2. The molecular weight excluding hydrogens is 445 g/mol. The van der Waals surface area contributed by atoms with Crippen LogP contribution >= 0.6 is 24.0 Å². The number of nitrogens with one attached hydrogen (secondary N) is 1. The van der Waals surface area contributed by atoms with E-state index in [9.17, 15) is 5.11 Å². The van der Waals surface area contributed by atoms with Crippen molar-refractivity contribution in [3.63, 3.8) is 0 Å². The van der Waals surface area contributed by atoms with E-state index in [1.165, 1.54) is 6.42 Å². The molecular formula is C19H30IN3O3. The lowest BCUT2D eigenvalue weighted by atomic mass is 9.87. The van der Waals surface area contributed by atoms with E-state index in [0.29, 0.717) is 17.7 Å². The highest BCUT2D eigenvalue weighted by Crippen LogP contribution is 2.38. The number of rotatable bonds is 5. The second kappa shape index (κ2) is 9.64. The maximum absolute atomic E-state index is 9.68. The summed E-state index contributed by atoms with van der Waals surface area (Å²) in [5.41, 5.74) is 1.44. The van der Waals surface area contributed by atoms with Crippen LogP contribution in [0.25, 0.3) is 0 Å². The number of benzene rings is 1. The lowest BCUT2D eigenvalue weighted by Gasteiger charge is -2.25. The van der Waals surface area contributed by atoms with Crippen molar-refractivity contribution in [3.05, 3.63) is 23.8 Å². The second-order valence-corrected chi connectivity index (χ2v) is 6.97. The molecule has 0 saturated carbocycles. The van der Waals surface area contributed by atoms with Crippen molar-refractivity contribution in [3.8, 4) is 11.5 Å². The van der Waals surface area contributed by atoms with Crippen LogP contribution in [-0.4, -0.2) is 62.5 Å². The minimum Gasteiger partial charge on any atom is -0.504 e. The van der Waals surface area contributed by atoms with Crippen LogP contribution in [0.5, 0.6) is 11.5 Å². The second-order valence-electron chi connectivity index (χ2n) is 6.97. The molecule has 2 N–H and O–H groups in total. The van der Waals surface area contributed by atoms with E-state index in [4.69, 9.17) is 14.5 Å². The maximum Gasteiger partial charge on any atom is 0.193 e. The molecule has 1 aromatic rings. The molecule has 2 aliphatic heterocycles.